The highest BCUT2D eigenvalue weighted by Crippen LogP contribution is 2.04. The fraction of sp³-hybridized carbons (Fsp3) is 0.429. The number of aromatic carboxylic acids is 1. The number of rotatable bonds is 7. The molecule has 0 aliphatic carbocycles. The zero-order valence-corrected chi connectivity index (χ0v) is 11.4. The molecule has 20 heavy (non-hydrogen) atoms. The summed E-state index contributed by atoms with van der Waals surface area (Å²) in [6, 6.07) is 6.05. The number of benzene rings is 1. The predicted molar refractivity (Wildman–Crippen MR) is 74.5 cm³/mol. The standard InChI is InChI=1S/C14H20N2O4/c1-10(6-7-17)8-15-14(20)16-9-11-2-4-12(5-3-11)13(18)19/h2-5,10,17H,6-9H2,1H3,(H,18,19)(H2,15,16,20). The van der Waals surface area contributed by atoms with Gasteiger partial charge >= 0.3 is 12.0 Å². The molecule has 0 radical (unpaired) electrons. The minimum Gasteiger partial charge on any atom is -0.478 e. The van der Waals surface area contributed by atoms with E-state index in [4.69, 9.17) is 10.2 Å². The lowest BCUT2D eigenvalue weighted by Gasteiger charge is -2.12. The zero-order chi connectivity index (χ0) is 15.0. The van der Waals surface area contributed by atoms with E-state index in [1.807, 2.05) is 6.92 Å². The van der Waals surface area contributed by atoms with Crippen molar-refractivity contribution in [2.75, 3.05) is 13.2 Å². The number of urea groups is 1. The maximum atomic E-state index is 11.5. The van der Waals surface area contributed by atoms with Gasteiger partial charge in [0.15, 0.2) is 0 Å². The highest BCUT2D eigenvalue weighted by Gasteiger charge is 2.05. The molecule has 0 saturated carbocycles. The summed E-state index contributed by atoms with van der Waals surface area (Å²) in [7, 11) is 0. The van der Waals surface area contributed by atoms with Crippen molar-refractivity contribution in [2.45, 2.75) is 19.9 Å². The third-order valence-corrected chi connectivity index (χ3v) is 2.89. The van der Waals surface area contributed by atoms with Gasteiger partial charge in [-0.2, -0.15) is 0 Å². The molecule has 1 aromatic carbocycles. The van der Waals surface area contributed by atoms with Crippen molar-refractivity contribution in [1.29, 1.82) is 0 Å². The molecule has 1 unspecified atom stereocenters. The minimum absolute atomic E-state index is 0.111. The van der Waals surface area contributed by atoms with Crippen LogP contribution in [0.5, 0.6) is 0 Å². The number of hydrogen-bond donors (Lipinski definition) is 4. The molecule has 6 heteroatoms. The van der Waals surface area contributed by atoms with Gasteiger partial charge in [-0.15, -0.1) is 0 Å². The van der Waals surface area contributed by atoms with E-state index < -0.39 is 5.97 Å². The molecule has 0 aliphatic heterocycles. The van der Waals surface area contributed by atoms with Crippen molar-refractivity contribution < 1.29 is 19.8 Å². The van der Waals surface area contributed by atoms with Crippen LogP contribution < -0.4 is 10.6 Å². The molecule has 0 bridgehead atoms. The van der Waals surface area contributed by atoms with Crippen molar-refractivity contribution >= 4 is 12.0 Å². The fourth-order valence-electron chi connectivity index (χ4n) is 1.60. The number of carboxylic acid groups (broad SMARTS) is 1. The molecular weight excluding hydrogens is 260 g/mol. The second kappa shape index (κ2) is 8.16. The summed E-state index contributed by atoms with van der Waals surface area (Å²) in [6.07, 6.45) is 0.650. The Hall–Kier alpha value is -2.08. The van der Waals surface area contributed by atoms with Crippen molar-refractivity contribution in [1.82, 2.24) is 10.6 Å². The van der Waals surface area contributed by atoms with E-state index in [1.54, 1.807) is 12.1 Å². The van der Waals surface area contributed by atoms with Crippen LogP contribution in [0.1, 0.15) is 29.3 Å². The first-order chi connectivity index (χ1) is 9.52. The number of aliphatic hydroxyl groups is 1. The second-order valence-corrected chi connectivity index (χ2v) is 4.68. The number of aliphatic hydroxyl groups excluding tert-OH is 1. The summed E-state index contributed by atoms with van der Waals surface area (Å²) in [5.74, 6) is -0.749. The van der Waals surface area contributed by atoms with Gasteiger partial charge < -0.3 is 20.8 Å². The number of hydrogen-bond acceptors (Lipinski definition) is 3. The Morgan fingerprint density at radius 3 is 2.40 bits per heavy atom. The van der Waals surface area contributed by atoms with Gasteiger partial charge in [0.05, 0.1) is 5.56 Å². The summed E-state index contributed by atoms with van der Waals surface area (Å²) in [5, 5.41) is 22.9. The Morgan fingerprint density at radius 1 is 1.20 bits per heavy atom. The first-order valence-electron chi connectivity index (χ1n) is 6.47. The van der Waals surface area contributed by atoms with Crippen LogP contribution in [0.15, 0.2) is 24.3 Å². The summed E-state index contributed by atoms with van der Waals surface area (Å²) in [6.45, 7) is 2.89. The van der Waals surface area contributed by atoms with Gasteiger partial charge in [-0.3, -0.25) is 0 Å². The number of carbonyl (C=O) groups is 2. The molecule has 4 N–H and O–H groups in total. The molecule has 0 aliphatic rings. The van der Waals surface area contributed by atoms with Gasteiger partial charge in [0.1, 0.15) is 0 Å². The second-order valence-electron chi connectivity index (χ2n) is 4.68. The topological polar surface area (TPSA) is 98.7 Å². The molecular formula is C14H20N2O4. The molecule has 0 saturated heterocycles. The molecule has 6 nitrogen and oxygen atoms in total. The van der Waals surface area contributed by atoms with Crippen LogP contribution in [0.3, 0.4) is 0 Å². The molecule has 1 rings (SSSR count). The third kappa shape index (κ3) is 5.71. The SMILES string of the molecule is CC(CCO)CNC(=O)NCc1ccc(C(=O)O)cc1. The van der Waals surface area contributed by atoms with Crippen molar-refractivity contribution in [3.63, 3.8) is 0 Å². The average molecular weight is 280 g/mol. The van der Waals surface area contributed by atoms with Gasteiger partial charge in [-0.1, -0.05) is 19.1 Å². The Balaban J connectivity index is 2.32. The monoisotopic (exact) mass is 280 g/mol. The van der Waals surface area contributed by atoms with E-state index in [-0.39, 0.29) is 24.1 Å². The highest BCUT2D eigenvalue weighted by molar-refractivity contribution is 5.87. The van der Waals surface area contributed by atoms with Gasteiger partial charge in [0.2, 0.25) is 0 Å². The lowest BCUT2D eigenvalue weighted by molar-refractivity contribution is 0.0697. The molecule has 0 heterocycles. The molecule has 2 amide bonds. The van der Waals surface area contributed by atoms with Crippen LogP contribution in [-0.4, -0.2) is 35.4 Å². The number of carbonyl (C=O) groups excluding carboxylic acids is 1. The average Bonchev–Trinajstić information content (AvgIpc) is 2.43. The zero-order valence-electron chi connectivity index (χ0n) is 11.4. The minimum atomic E-state index is -0.972. The van der Waals surface area contributed by atoms with E-state index in [2.05, 4.69) is 10.6 Å². The number of nitrogens with one attached hydrogen (secondary N) is 2. The maximum Gasteiger partial charge on any atom is 0.335 e. The van der Waals surface area contributed by atoms with Crippen molar-refractivity contribution in [2.24, 2.45) is 5.92 Å². The molecule has 0 spiro atoms. The third-order valence-electron chi connectivity index (χ3n) is 2.89. The van der Waals surface area contributed by atoms with Crippen LogP contribution in [0.2, 0.25) is 0 Å². The first kappa shape index (κ1) is 16.0. The number of carboxylic acids is 1. The van der Waals surface area contributed by atoms with Crippen LogP contribution >= 0.6 is 0 Å². The Morgan fingerprint density at radius 2 is 1.85 bits per heavy atom. The lowest BCUT2D eigenvalue weighted by Crippen LogP contribution is -2.37. The van der Waals surface area contributed by atoms with Crippen LogP contribution in [0.4, 0.5) is 4.79 Å². The Labute approximate surface area is 117 Å². The largest absolute Gasteiger partial charge is 0.478 e. The smallest absolute Gasteiger partial charge is 0.335 e. The van der Waals surface area contributed by atoms with Crippen LogP contribution in [-0.2, 0) is 6.54 Å². The fourth-order valence-corrected chi connectivity index (χ4v) is 1.60. The van der Waals surface area contributed by atoms with Gasteiger partial charge in [-0.05, 0) is 30.0 Å². The van der Waals surface area contributed by atoms with E-state index in [1.165, 1.54) is 12.1 Å². The number of amides is 2. The van der Waals surface area contributed by atoms with E-state index in [0.717, 1.165) is 5.56 Å². The van der Waals surface area contributed by atoms with Gasteiger partial charge in [-0.25, -0.2) is 9.59 Å². The summed E-state index contributed by atoms with van der Waals surface area (Å²) < 4.78 is 0. The van der Waals surface area contributed by atoms with Crippen LogP contribution in [0.25, 0.3) is 0 Å². The van der Waals surface area contributed by atoms with Crippen molar-refractivity contribution in [3.8, 4) is 0 Å². The van der Waals surface area contributed by atoms with Crippen LogP contribution in [0, 0.1) is 5.92 Å². The van der Waals surface area contributed by atoms with E-state index in [0.29, 0.717) is 19.5 Å². The summed E-state index contributed by atoms with van der Waals surface area (Å²) >= 11 is 0. The van der Waals surface area contributed by atoms with Crippen molar-refractivity contribution in [3.05, 3.63) is 35.4 Å². The molecule has 1 atom stereocenters. The summed E-state index contributed by atoms with van der Waals surface area (Å²) in [4.78, 5) is 22.2. The first-order valence-corrected chi connectivity index (χ1v) is 6.47. The normalized spacial score (nSPS) is 11.7. The Bertz CT molecular complexity index is 445. The van der Waals surface area contributed by atoms with E-state index in [9.17, 15) is 9.59 Å². The Kier molecular flexibility index (Phi) is 6.52. The molecule has 0 aromatic heterocycles. The van der Waals surface area contributed by atoms with Gasteiger partial charge in [0, 0.05) is 19.7 Å². The molecule has 1 aromatic rings. The maximum absolute atomic E-state index is 11.5. The lowest BCUT2D eigenvalue weighted by atomic mass is 10.1. The quantitative estimate of drug-likeness (QED) is 0.603. The van der Waals surface area contributed by atoms with Gasteiger partial charge in [0.25, 0.3) is 0 Å². The summed E-state index contributed by atoms with van der Waals surface area (Å²) in [5.41, 5.74) is 1.05. The predicted octanol–water partition coefficient (Wildman–Crippen LogP) is 1.20. The highest BCUT2D eigenvalue weighted by atomic mass is 16.4. The molecule has 0 fully saturated rings. The molecule has 110 valence electrons. The van der Waals surface area contributed by atoms with E-state index >= 15 is 0 Å².